The van der Waals surface area contributed by atoms with E-state index in [1.54, 1.807) is 0 Å². The molecule has 0 aliphatic carbocycles. The van der Waals surface area contributed by atoms with E-state index in [0.717, 1.165) is 0 Å². The molecule has 15 heavy (non-hydrogen) atoms. The summed E-state index contributed by atoms with van der Waals surface area (Å²) in [6, 6.07) is 4.15. The second-order valence-corrected chi connectivity index (χ2v) is 3.17. The third kappa shape index (κ3) is 1.66. The summed E-state index contributed by atoms with van der Waals surface area (Å²) >= 11 is 5.58. The van der Waals surface area contributed by atoms with Crippen molar-refractivity contribution in [3.63, 3.8) is 0 Å². The van der Waals surface area contributed by atoms with Gasteiger partial charge in [0.05, 0.1) is 10.4 Å². The fourth-order valence-corrected chi connectivity index (χ4v) is 1.41. The van der Waals surface area contributed by atoms with Gasteiger partial charge in [0.2, 0.25) is 5.28 Å². The minimum Gasteiger partial charge on any atom is -0.383 e. The Balaban J connectivity index is 2.76. The largest absolute Gasteiger partial charge is 0.383 e. The lowest BCUT2D eigenvalue weighted by molar-refractivity contribution is -0.384. The number of halogens is 1. The van der Waals surface area contributed by atoms with Gasteiger partial charge in [-0.3, -0.25) is 10.1 Å². The molecule has 0 amide bonds. The Kier molecular flexibility index (Phi) is 2.12. The zero-order valence-electron chi connectivity index (χ0n) is 7.35. The molecule has 2 aromatic rings. The molecular formula is C8H5ClN4O2. The van der Waals surface area contributed by atoms with Crippen LogP contribution >= 0.6 is 11.6 Å². The predicted octanol–water partition coefficient (Wildman–Crippen LogP) is 1.77. The fraction of sp³-hybridized carbons (Fsp3) is 0. The Morgan fingerprint density at radius 3 is 2.80 bits per heavy atom. The number of hydrogen-bond donors (Lipinski definition) is 1. The molecule has 6 nitrogen and oxygen atoms in total. The summed E-state index contributed by atoms with van der Waals surface area (Å²) < 4.78 is 0. The first-order valence-corrected chi connectivity index (χ1v) is 4.33. The van der Waals surface area contributed by atoms with Crippen LogP contribution in [0.2, 0.25) is 5.28 Å². The number of anilines is 1. The third-order valence-electron chi connectivity index (χ3n) is 1.89. The number of benzene rings is 1. The third-order valence-corrected chi connectivity index (χ3v) is 2.06. The van der Waals surface area contributed by atoms with Crippen LogP contribution in [0.4, 0.5) is 11.5 Å². The summed E-state index contributed by atoms with van der Waals surface area (Å²) in [6.07, 6.45) is 0. The highest BCUT2D eigenvalue weighted by molar-refractivity contribution is 6.28. The molecule has 0 aliphatic rings. The molecule has 0 bridgehead atoms. The zero-order chi connectivity index (χ0) is 11.0. The van der Waals surface area contributed by atoms with E-state index in [2.05, 4.69) is 9.97 Å². The number of hydrogen-bond acceptors (Lipinski definition) is 5. The Hall–Kier alpha value is -1.95. The highest BCUT2D eigenvalue weighted by Gasteiger charge is 2.09. The number of non-ortho nitro benzene ring substituents is 1. The van der Waals surface area contributed by atoms with Gasteiger partial charge in [0.15, 0.2) is 0 Å². The zero-order valence-corrected chi connectivity index (χ0v) is 8.10. The molecule has 2 N–H and O–H groups in total. The molecule has 0 saturated heterocycles. The maximum atomic E-state index is 10.5. The van der Waals surface area contributed by atoms with Crippen LogP contribution in [0.3, 0.4) is 0 Å². The van der Waals surface area contributed by atoms with E-state index in [1.165, 1.54) is 18.2 Å². The lowest BCUT2D eigenvalue weighted by Crippen LogP contribution is -1.96. The number of nitrogens with zero attached hydrogens (tertiary/aromatic N) is 3. The molecule has 0 radical (unpaired) electrons. The Morgan fingerprint density at radius 2 is 2.13 bits per heavy atom. The minimum absolute atomic E-state index is 0.0273. The topological polar surface area (TPSA) is 94.9 Å². The fourth-order valence-electron chi connectivity index (χ4n) is 1.23. The van der Waals surface area contributed by atoms with Gasteiger partial charge in [0.25, 0.3) is 5.69 Å². The van der Waals surface area contributed by atoms with Gasteiger partial charge in [0.1, 0.15) is 5.82 Å². The molecule has 0 spiro atoms. The van der Waals surface area contributed by atoms with Gasteiger partial charge in [-0.15, -0.1) is 0 Å². The van der Waals surface area contributed by atoms with Crippen LogP contribution in [-0.4, -0.2) is 14.9 Å². The summed E-state index contributed by atoms with van der Waals surface area (Å²) in [6.45, 7) is 0. The smallest absolute Gasteiger partial charge is 0.271 e. The van der Waals surface area contributed by atoms with Crippen molar-refractivity contribution in [3.05, 3.63) is 33.6 Å². The van der Waals surface area contributed by atoms with Crippen LogP contribution in [0.25, 0.3) is 10.9 Å². The van der Waals surface area contributed by atoms with Gasteiger partial charge in [-0.2, -0.15) is 0 Å². The van der Waals surface area contributed by atoms with E-state index in [1.807, 2.05) is 0 Å². The summed E-state index contributed by atoms with van der Waals surface area (Å²) in [7, 11) is 0. The highest BCUT2D eigenvalue weighted by Crippen LogP contribution is 2.23. The molecule has 1 aromatic carbocycles. The van der Waals surface area contributed by atoms with Crippen LogP contribution < -0.4 is 5.73 Å². The Labute approximate surface area is 88.8 Å². The highest BCUT2D eigenvalue weighted by atomic mass is 35.5. The second-order valence-electron chi connectivity index (χ2n) is 2.84. The van der Waals surface area contributed by atoms with Crippen molar-refractivity contribution in [3.8, 4) is 0 Å². The molecule has 0 saturated carbocycles. The average molecular weight is 225 g/mol. The average Bonchev–Trinajstić information content (AvgIpc) is 2.16. The molecule has 76 valence electrons. The Morgan fingerprint density at radius 1 is 1.40 bits per heavy atom. The summed E-state index contributed by atoms with van der Waals surface area (Å²) in [4.78, 5) is 17.6. The number of fused-ring (bicyclic) bond motifs is 1. The van der Waals surface area contributed by atoms with E-state index < -0.39 is 4.92 Å². The molecule has 2 rings (SSSR count). The van der Waals surface area contributed by atoms with Crippen molar-refractivity contribution < 1.29 is 4.92 Å². The Bertz CT molecular complexity index is 558. The molecule has 1 aromatic heterocycles. The van der Waals surface area contributed by atoms with Gasteiger partial charge in [0, 0.05) is 17.5 Å². The number of rotatable bonds is 1. The van der Waals surface area contributed by atoms with E-state index in [9.17, 15) is 10.1 Å². The SMILES string of the molecule is Nc1nc(Cl)nc2cc([N+](=O)[O-])ccc12. The quantitative estimate of drug-likeness (QED) is 0.453. The summed E-state index contributed by atoms with van der Waals surface area (Å²) in [5.41, 5.74) is 5.88. The molecular weight excluding hydrogens is 220 g/mol. The van der Waals surface area contributed by atoms with Crippen molar-refractivity contribution in [1.82, 2.24) is 9.97 Å². The van der Waals surface area contributed by atoms with Crippen molar-refractivity contribution in [1.29, 1.82) is 0 Å². The molecule has 0 aliphatic heterocycles. The van der Waals surface area contributed by atoms with Crippen LogP contribution in [0.1, 0.15) is 0 Å². The predicted molar refractivity (Wildman–Crippen MR) is 55.6 cm³/mol. The molecule has 0 unspecified atom stereocenters. The van der Waals surface area contributed by atoms with E-state index in [0.29, 0.717) is 10.9 Å². The van der Waals surface area contributed by atoms with Gasteiger partial charge < -0.3 is 5.73 Å². The maximum absolute atomic E-state index is 10.5. The summed E-state index contributed by atoms with van der Waals surface area (Å²) in [5.74, 6) is 0.208. The normalized spacial score (nSPS) is 10.5. The van der Waals surface area contributed by atoms with Crippen LogP contribution in [0, 0.1) is 10.1 Å². The number of nitrogen functional groups attached to an aromatic ring is 1. The number of nitro benzene ring substituents is 1. The van der Waals surface area contributed by atoms with Gasteiger partial charge in [-0.25, -0.2) is 9.97 Å². The molecule has 7 heteroatoms. The number of nitro groups is 1. The minimum atomic E-state index is -0.508. The first kappa shape index (κ1) is 9.60. The number of aromatic nitrogens is 2. The molecule has 1 heterocycles. The first-order chi connectivity index (χ1) is 7.08. The monoisotopic (exact) mass is 224 g/mol. The van der Waals surface area contributed by atoms with Gasteiger partial charge in [-0.1, -0.05) is 0 Å². The molecule has 0 atom stereocenters. The van der Waals surface area contributed by atoms with E-state index in [-0.39, 0.29) is 16.8 Å². The second kappa shape index (κ2) is 3.32. The van der Waals surface area contributed by atoms with Crippen molar-refractivity contribution in [2.45, 2.75) is 0 Å². The lowest BCUT2D eigenvalue weighted by atomic mass is 10.2. The first-order valence-electron chi connectivity index (χ1n) is 3.95. The lowest BCUT2D eigenvalue weighted by Gasteiger charge is -2.00. The summed E-state index contributed by atoms with van der Waals surface area (Å²) in [5, 5.41) is 11.0. The molecule has 0 fully saturated rings. The standard InChI is InChI=1S/C8H5ClN4O2/c9-8-11-6-3-4(13(14)15)1-2-5(6)7(10)12-8/h1-3H,(H2,10,11,12). The van der Waals surface area contributed by atoms with Crippen LogP contribution in [0.15, 0.2) is 18.2 Å². The van der Waals surface area contributed by atoms with Crippen LogP contribution in [0.5, 0.6) is 0 Å². The maximum Gasteiger partial charge on any atom is 0.271 e. The van der Waals surface area contributed by atoms with E-state index >= 15 is 0 Å². The van der Waals surface area contributed by atoms with Crippen molar-refractivity contribution in [2.75, 3.05) is 5.73 Å². The van der Waals surface area contributed by atoms with Crippen molar-refractivity contribution >= 4 is 34.0 Å². The number of nitrogens with two attached hydrogens (primary N) is 1. The van der Waals surface area contributed by atoms with E-state index in [4.69, 9.17) is 17.3 Å². The van der Waals surface area contributed by atoms with Crippen LogP contribution in [-0.2, 0) is 0 Å². The van der Waals surface area contributed by atoms with Gasteiger partial charge >= 0.3 is 0 Å². The van der Waals surface area contributed by atoms with Crippen molar-refractivity contribution in [2.24, 2.45) is 0 Å². The van der Waals surface area contributed by atoms with Gasteiger partial charge in [-0.05, 0) is 17.7 Å².